The number of ketones is 1. The molecular weight excluding hydrogens is 640 g/mol. The molecule has 3 rings (SSSR count). The van der Waals surface area contributed by atoms with Crippen LogP contribution in [-0.2, 0) is 34.0 Å². The van der Waals surface area contributed by atoms with Gasteiger partial charge in [-0.1, -0.05) is 79.5 Å². The summed E-state index contributed by atoms with van der Waals surface area (Å²) in [5, 5.41) is 7.88. The van der Waals surface area contributed by atoms with Crippen molar-refractivity contribution in [1.82, 2.24) is 25.6 Å². The van der Waals surface area contributed by atoms with E-state index in [1.807, 2.05) is 18.6 Å². The summed E-state index contributed by atoms with van der Waals surface area (Å²) >= 11 is 0. The fraction of sp³-hybridized carbons (Fsp3) is 0.636. The van der Waals surface area contributed by atoms with Gasteiger partial charge in [0.05, 0.1) is 10.9 Å². The smallest absolute Gasteiger partial charge is 0.316 e. The zero-order chi connectivity index (χ0) is 36.1. The summed E-state index contributed by atoms with van der Waals surface area (Å²) in [6.45, 7) is 12.5. The number of carbonyl (C=O) groups is 6. The number of benzene rings is 1. The number of amides is 6. The van der Waals surface area contributed by atoms with Crippen molar-refractivity contribution in [2.45, 2.75) is 103 Å². The maximum Gasteiger partial charge on any atom is 0.316 e. The molecule has 266 valence electrons. The molecule has 1 aliphatic carbocycles. The molecule has 2 aliphatic rings. The quantitative estimate of drug-likeness (QED) is 0.180. The predicted octanol–water partition coefficient (Wildman–Crippen LogP) is 1.44. The molecule has 0 radical (unpaired) electrons. The molecule has 0 bridgehead atoms. The van der Waals surface area contributed by atoms with Crippen molar-refractivity contribution in [3.05, 3.63) is 30.3 Å². The van der Waals surface area contributed by atoms with Gasteiger partial charge in [0.2, 0.25) is 17.6 Å². The van der Waals surface area contributed by atoms with Gasteiger partial charge < -0.3 is 26.6 Å². The first kappa shape index (κ1) is 38.4. The second-order valence-electron chi connectivity index (χ2n) is 14.6. The maximum atomic E-state index is 14.2. The molecule has 0 aromatic heterocycles. The van der Waals surface area contributed by atoms with Crippen LogP contribution in [0.25, 0.3) is 0 Å². The van der Waals surface area contributed by atoms with Crippen molar-refractivity contribution in [3.63, 3.8) is 0 Å². The third-order valence-corrected chi connectivity index (χ3v) is 10.3. The summed E-state index contributed by atoms with van der Waals surface area (Å²) < 4.78 is 27.5. The molecule has 6 N–H and O–H groups in total. The van der Waals surface area contributed by atoms with Gasteiger partial charge in [0.25, 0.3) is 21.8 Å². The lowest BCUT2D eigenvalue weighted by atomic mass is 9.84. The van der Waals surface area contributed by atoms with Crippen LogP contribution in [0.1, 0.15) is 74.1 Å². The zero-order valence-electron chi connectivity index (χ0n) is 28.7. The van der Waals surface area contributed by atoms with E-state index < -0.39 is 81.0 Å². The van der Waals surface area contributed by atoms with E-state index in [9.17, 15) is 37.2 Å². The van der Waals surface area contributed by atoms with E-state index in [0.717, 1.165) is 12.8 Å². The Morgan fingerprint density at radius 1 is 0.917 bits per heavy atom. The van der Waals surface area contributed by atoms with E-state index in [1.165, 1.54) is 29.2 Å². The summed E-state index contributed by atoms with van der Waals surface area (Å²) in [4.78, 5) is 80.1. The Morgan fingerprint density at radius 3 is 2.02 bits per heavy atom. The first-order valence-electron chi connectivity index (χ1n) is 16.4. The van der Waals surface area contributed by atoms with Crippen molar-refractivity contribution in [3.8, 4) is 0 Å². The third kappa shape index (κ3) is 9.77. The van der Waals surface area contributed by atoms with Gasteiger partial charge in [0.1, 0.15) is 18.1 Å². The second kappa shape index (κ2) is 15.5. The number of sulfonamides is 1. The van der Waals surface area contributed by atoms with Gasteiger partial charge in [-0.25, -0.2) is 17.9 Å². The molecule has 1 unspecified atom stereocenters. The number of nitrogens with one attached hydrogen (secondary N) is 4. The number of rotatable bonds is 14. The Bertz CT molecular complexity index is 1490. The minimum Gasteiger partial charge on any atom is -0.363 e. The summed E-state index contributed by atoms with van der Waals surface area (Å²) in [5.41, 5.74) is 4.40. The number of hydrogen-bond acceptors (Lipinski definition) is 8. The molecule has 1 aromatic carbocycles. The highest BCUT2D eigenvalue weighted by Crippen LogP contribution is 2.35. The highest BCUT2D eigenvalue weighted by Gasteiger charge is 2.48. The van der Waals surface area contributed by atoms with Gasteiger partial charge in [-0.15, -0.1) is 0 Å². The molecule has 48 heavy (non-hydrogen) atoms. The Labute approximate surface area is 282 Å². The molecule has 1 saturated carbocycles. The summed E-state index contributed by atoms with van der Waals surface area (Å²) in [6, 6.07) is 1.92. The highest BCUT2D eigenvalue weighted by atomic mass is 32.2. The van der Waals surface area contributed by atoms with Gasteiger partial charge >= 0.3 is 6.03 Å². The summed E-state index contributed by atoms with van der Waals surface area (Å²) in [6.07, 6.45) is 2.53. The van der Waals surface area contributed by atoms with Crippen LogP contribution >= 0.6 is 0 Å². The SMILES string of the molecule is CC(C)[C@H](NC(=O)N[C@H](C(=O)N1CC[C@H](C(C)C)[C@H]1C(=O)NC(CC1CC1)C(=O)C(N)=O)C(C)(C)C)C(=O)NS(=O)(=O)c1ccccc1. The van der Waals surface area contributed by atoms with E-state index in [1.54, 1.807) is 40.7 Å². The molecule has 14 nitrogen and oxygen atoms in total. The van der Waals surface area contributed by atoms with E-state index in [4.69, 9.17) is 5.73 Å². The molecule has 6 amide bonds. The van der Waals surface area contributed by atoms with Crippen molar-refractivity contribution >= 4 is 45.5 Å². The minimum absolute atomic E-state index is 0.0194. The van der Waals surface area contributed by atoms with E-state index >= 15 is 0 Å². The van der Waals surface area contributed by atoms with Crippen LogP contribution in [0.5, 0.6) is 0 Å². The highest BCUT2D eigenvalue weighted by molar-refractivity contribution is 7.90. The van der Waals surface area contributed by atoms with Crippen LogP contribution in [0.2, 0.25) is 0 Å². The number of nitrogens with two attached hydrogens (primary N) is 1. The predicted molar refractivity (Wildman–Crippen MR) is 177 cm³/mol. The summed E-state index contributed by atoms with van der Waals surface area (Å²) in [5.74, 6) is -4.73. The maximum absolute atomic E-state index is 14.2. The third-order valence-electron chi connectivity index (χ3n) is 8.91. The lowest BCUT2D eigenvalue weighted by molar-refractivity contribution is -0.144. The molecule has 15 heteroatoms. The topological polar surface area (TPSA) is 214 Å². The largest absolute Gasteiger partial charge is 0.363 e. The average molecular weight is 691 g/mol. The lowest BCUT2D eigenvalue weighted by Gasteiger charge is -2.37. The first-order valence-corrected chi connectivity index (χ1v) is 17.9. The monoisotopic (exact) mass is 690 g/mol. The van der Waals surface area contributed by atoms with Crippen molar-refractivity contribution in [1.29, 1.82) is 0 Å². The molecule has 5 atom stereocenters. The van der Waals surface area contributed by atoms with Crippen molar-refractivity contribution in [2.75, 3.05) is 6.54 Å². The van der Waals surface area contributed by atoms with E-state index in [2.05, 4.69) is 16.0 Å². The number of carbonyl (C=O) groups excluding carboxylic acids is 6. The number of primary amides is 1. The molecule has 1 aliphatic heterocycles. The number of likely N-dealkylation sites (tertiary alicyclic amines) is 1. The van der Waals surface area contributed by atoms with Crippen LogP contribution in [0, 0.1) is 29.1 Å². The van der Waals surface area contributed by atoms with Gasteiger partial charge in [0.15, 0.2) is 0 Å². The van der Waals surface area contributed by atoms with Gasteiger partial charge in [-0.2, -0.15) is 0 Å². The van der Waals surface area contributed by atoms with Crippen molar-refractivity contribution < 1.29 is 37.2 Å². The van der Waals surface area contributed by atoms with E-state index in [-0.39, 0.29) is 35.6 Å². The van der Waals surface area contributed by atoms with Crippen LogP contribution in [-0.4, -0.2) is 79.5 Å². The Morgan fingerprint density at radius 2 is 1.52 bits per heavy atom. The lowest BCUT2D eigenvalue weighted by Crippen LogP contribution is -2.62. The number of Topliss-reactive ketones (excluding diaryl/α,β-unsaturated/α-hetero) is 1. The van der Waals surface area contributed by atoms with E-state index in [0.29, 0.717) is 6.42 Å². The van der Waals surface area contributed by atoms with Crippen LogP contribution < -0.4 is 26.4 Å². The first-order chi connectivity index (χ1) is 22.2. The van der Waals surface area contributed by atoms with Gasteiger partial charge in [-0.05, 0) is 54.1 Å². The number of hydrogen-bond donors (Lipinski definition) is 5. The standard InChI is InChI=1S/C33H50N6O8S/c1-18(2)22-15-16-39(25(22)30(43)35-23(17-20-13-14-20)26(40)28(34)41)31(44)27(33(5,6)7)37-32(45)36-24(19(3)4)29(42)38-48(46,47)21-11-9-8-10-12-21/h8-12,18-20,22-25,27H,13-17H2,1-7H3,(H2,34,41)(H,35,43)(H,38,42)(H2,36,37,45)/t22-,23?,24+,25+,27-/m1/s1. The number of urea groups is 1. The minimum atomic E-state index is -4.21. The van der Waals surface area contributed by atoms with Crippen LogP contribution in [0.15, 0.2) is 35.2 Å². The fourth-order valence-corrected chi connectivity index (χ4v) is 6.99. The molecule has 0 spiro atoms. The normalized spacial score (nSPS) is 20.1. The molecular formula is C33H50N6O8S. The zero-order valence-corrected chi connectivity index (χ0v) is 29.6. The molecule has 1 aromatic rings. The van der Waals surface area contributed by atoms with Gasteiger partial charge in [0, 0.05) is 6.54 Å². The average Bonchev–Trinajstić information content (AvgIpc) is 3.69. The van der Waals surface area contributed by atoms with Gasteiger partial charge in [-0.3, -0.25) is 24.0 Å². The second-order valence-corrected chi connectivity index (χ2v) is 16.2. The molecule has 2 fully saturated rings. The Balaban J connectivity index is 1.81. The van der Waals surface area contributed by atoms with Crippen LogP contribution in [0.3, 0.4) is 0 Å². The molecule has 1 heterocycles. The Hall–Kier alpha value is -4.01. The van der Waals surface area contributed by atoms with Crippen LogP contribution in [0.4, 0.5) is 4.79 Å². The Kier molecular flexibility index (Phi) is 12.4. The fourth-order valence-electron chi connectivity index (χ4n) is 5.96. The van der Waals surface area contributed by atoms with Crippen molar-refractivity contribution in [2.24, 2.45) is 34.8 Å². The molecule has 1 saturated heterocycles. The number of nitrogens with zero attached hydrogens (tertiary/aromatic N) is 1. The summed E-state index contributed by atoms with van der Waals surface area (Å²) in [7, 11) is -4.21.